The van der Waals surface area contributed by atoms with Crippen LogP contribution in [0.15, 0.2) is 48.8 Å². The van der Waals surface area contributed by atoms with Crippen LogP contribution in [0.1, 0.15) is 30.1 Å². The van der Waals surface area contributed by atoms with Crippen LogP contribution in [0, 0.1) is 11.1 Å². The zero-order chi connectivity index (χ0) is 29.7. The maximum atomic E-state index is 13.4. The van der Waals surface area contributed by atoms with Gasteiger partial charge in [0.2, 0.25) is 0 Å². The molecule has 0 spiro atoms. The number of carbonyl (C=O) groups is 1. The highest BCUT2D eigenvalue weighted by Gasteiger charge is 2.27. The highest BCUT2D eigenvalue weighted by atomic mass is 35.5. The summed E-state index contributed by atoms with van der Waals surface area (Å²) in [7, 11) is 4.47. The third-order valence-corrected chi connectivity index (χ3v) is 7.10. The molecule has 2 aromatic carbocycles. The first kappa shape index (κ1) is 30.3. The third-order valence-electron chi connectivity index (χ3n) is 6.45. The number of carbonyl (C=O) groups excluding carboxylic acids is 1. The summed E-state index contributed by atoms with van der Waals surface area (Å²) in [5.41, 5.74) is 1.20. The van der Waals surface area contributed by atoms with Gasteiger partial charge in [0.1, 0.15) is 16.1 Å². The summed E-state index contributed by atoms with van der Waals surface area (Å²) in [6, 6.07) is 9.18. The Morgan fingerprint density at radius 1 is 1.02 bits per heavy atom. The average molecular weight is 613 g/mol. The van der Waals surface area contributed by atoms with E-state index in [1.54, 1.807) is 18.2 Å². The number of nitrogens with zero attached hydrogens (tertiary/aromatic N) is 2. The third kappa shape index (κ3) is 7.74. The van der Waals surface area contributed by atoms with Gasteiger partial charge in [-0.15, -0.1) is 0 Å². The van der Waals surface area contributed by atoms with Gasteiger partial charge >= 0.3 is 12.7 Å². The Morgan fingerprint density at radius 3 is 2.29 bits per heavy atom. The second-order valence-electron chi connectivity index (χ2n) is 9.31. The maximum Gasteiger partial charge on any atom is 0.414 e. The van der Waals surface area contributed by atoms with Crippen molar-refractivity contribution in [3.05, 3.63) is 75.2 Å². The van der Waals surface area contributed by atoms with E-state index in [4.69, 9.17) is 42.1 Å². The van der Waals surface area contributed by atoms with E-state index in [0.717, 1.165) is 25.2 Å². The summed E-state index contributed by atoms with van der Waals surface area (Å²) < 4.78 is 53.6. The summed E-state index contributed by atoms with van der Waals surface area (Å²) in [6.45, 7) is -2.73. The van der Waals surface area contributed by atoms with Gasteiger partial charge in [0.15, 0.2) is 35.4 Å². The summed E-state index contributed by atoms with van der Waals surface area (Å²) in [5, 5.41) is 11.9. The predicted molar refractivity (Wildman–Crippen MR) is 148 cm³/mol. The summed E-state index contributed by atoms with van der Waals surface area (Å²) in [6.07, 6.45) is 2.41. The Bertz CT molecular complexity index is 1370. The van der Waals surface area contributed by atoms with Gasteiger partial charge in [-0.05, 0) is 48.6 Å². The number of rotatable bonds is 12. The van der Waals surface area contributed by atoms with Gasteiger partial charge in [-0.1, -0.05) is 29.3 Å². The van der Waals surface area contributed by atoms with Crippen LogP contribution in [0.2, 0.25) is 10.0 Å². The van der Waals surface area contributed by atoms with Crippen molar-refractivity contribution in [3.8, 4) is 23.0 Å². The number of halogens is 4. The van der Waals surface area contributed by atoms with Gasteiger partial charge < -0.3 is 28.9 Å². The van der Waals surface area contributed by atoms with Crippen molar-refractivity contribution >= 4 is 35.0 Å². The number of methoxy groups -OCH3 is 2. The molecule has 1 aliphatic carbocycles. The Hall–Kier alpha value is -3.70. The molecule has 1 atom stereocenters. The number of alkyl halides is 2. The van der Waals surface area contributed by atoms with E-state index in [1.807, 2.05) is 0 Å². The maximum absolute atomic E-state index is 13.4. The molecule has 9 nitrogen and oxygen atoms in total. The number of benzene rings is 2. The number of aromatic nitrogens is 1. The standard InChI is InChI=1S/C28H28Cl2F2N2O7/c1-33(18-7-9-22(37-2)25(11-18)38-3)28(35)41-24(12-19-20(29)13-34(36)14-21(19)30)17-6-8-23(40-27(31)32)26(10-17)39-15-16-4-5-16/h6-11,13-14,16,24,27H,4-5,12,15H2,1-3H3/t24-/m0/s1. The number of anilines is 1. The number of hydrogen-bond donors (Lipinski definition) is 0. The van der Waals surface area contributed by atoms with Crippen molar-refractivity contribution in [1.29, 1.82) is 0 Å². The van der Waals surface area contributed by atoms with Crippen molar-refractivity contribution in [1.82, 2.24) is 0 Å². The number of amides is 1. The fourth-order valence-electron chi connectivity index (χ4n) is 4.00. The molecule has 0 radical (unpaired) electrons. The largest absolute Gasteiger partial charge is 0.619 e. The van der Waals surface area contributed by atoms with E-state index >= 15 is 0 Å². The smallest absolute Gasteiger partial charge is 0.414 e. The predicted octanol–water partition coefficient (Wildman–Crippen LogP) is 6.59. The Labute approximate surface area is 245 Å². The highest BCUT2D eigenvalue weighted by Crippen LogP contribution is 2.38. The molecule has 0 N–H and O–H groups in total. The Balaban J connectivity index is 1.68. The van der Waals surface area contributed by atoms with Gasteiger partial charge in [-0.25, -0.2) is 4.79 Å². The van der Waals surface area contributed by atoms with Gasteiger partial charge in [-0.3, -0.25) is 4.90 Å². The first-order valence-electron chi connectivity index (χ1n) is 12.5. The molecule has 0 unspecified atom stereocenters. The average Bonchev–Trinajstić information content (AvgIpc) is 3.77. The minimum absolute atomic E-state index is 0.0405. The van der Waals surface area contributed by atoms with Crippen LogP contribution < -0.4 is 28.6 Å². The monoisotopic (exact) mass is 612 g/mol. The van der Waals surface area contributed by atoms with E-state index in [-0.39, 0.29) is 28.0 Å². The molecule has 1 saturated carbocycles. The van der Waals surface area contributed by atoms with Crippen LogP contribution in [0.4, 0.5) is 19.3 Å². The lowest BCUT2D eigenvalue weighted by atomic mass is 10.0. The molecular weight excluding hydrogens is 585 g/mol. The summed E-state index contributed by atoms with van der Waals surface area (Å²) >= 11 is 12.6. The molecule has 3 aromatic rings. The van der Waals surface area contributed by atoms with Gasteiger partial charge in [-0.2, -0.15) is 13.5 Å². The number of hydrogen-bond acceptors (Lipinski definition) is 7. The molecule has 1 fully saturated rings. The minimum Gasteiger partial charge on any atom is -0.619 e. The van der Waals surface area contributed by atoms with Crippen LogP contribution in [0.5, 0.6) is 23.0 Å². The first-order valence-corrected chi connectivity index (χ1v) is 13.3. The molecule has 1 aromatic heterocycles. The van der Waals surface area contributed by atoms with Gasteiger partial charge in [0.05, 0.1) is 26.5 Å². The van der Waals surface area contributed by atoms with Crippen LogP contribution in [-0.4, -0.2) is 40.6 Å². The van der Waals surface area contributed by atoms with Gasteiger partial charge in [0.25, 0.3) is 0 Å². The van der Waals surface area contributed by atoms with E-state index in [0.29, 0.717) is 45.6 Å². The van der Waals surface area contributed by atoms with E-state index in [1.165, 1.54) is 44.4 Å². The highest BCUT2D eigenvalue weighted by molar-refractivity contribution is 6.35. The second kappa shape index (κ2) is 13.3. The normalized spacial score (nSPS) is 13.5. The van der Waals surface area contributed by atoms with E-state index in [9.17, 15) is 18.8 Å². The molecule has 0 bridgehead atoms. The molecule has 220 valence electrons. The lowest BCUT2D eigenvalue weighted by molar-refractivity contribution is -0.605. The Kier molecular flexibility index (Phi) is 9.82. The zero-order valence-corrected chi connectivity index (χ0v) is 24.0. The fourth-order valence-corrected chi connectivity index (χ4v) is 4.60. The molecule has 1 aliphatic rings. The first-order chi connectivity index (χ1) is 19.6. The summed E-state index contributed by atoms with van der Waals surface area (Å²) in [4.78, 5) is 14.6. The molecule has 0 aliphatic heterocycles. The van der Waals surface area contributed by atoms with Crippen LogP contribution in [-0.2, 0) is 11.2 Å². The van der Waals surface area contributed by atoms with Crippen molar-refractivity contribution in [3.63, 3.8) is 0 Å². The topological polar surface area (TPSA) is 93.4 Å². The van der Waals surface area contributed by atoms with Crippen molar-refractivity contribution in [2.45, 2.75) is 32.0 Å². The molecular formula is C28H28Cl2F2N2O7. The fraction of sp³-hybridized carbons (Fsp3) is 0.357. The van der Waals surface area contributed by atoms with Crippen LogP contribution >= 0.6 is 23.2 Å². The quantitative estimate of drug-likeness (QED) is 0.168. The van der Waals surface area contributed by atoms with Gasteiger partial charge in [0, 0.05) is 25.1 Å². The summed E-state index contributed by atoms with van der Waals surface area (Å²) in [5.74, 6) is 1.14. The molecule has 1 amide bonds. The molecule has 0 saturated heterocycles. The second-order valence-corrected chi connectivity index (χ2v) is 10.1. The van der Waals surface area contributed by atoms with Crippen LogP contribution in [0.3, 0.4) is 0 Å². The molecule has 13 heteroatoms. The number of ether oxygens (including phenoxy) is 5. The van der Waals surface area contributed by atoms with E-state index < -0.39 is 18.8 Å². The lowest BCUT2D eigenvalue weighted by Crippen LogP contribution is -2.29. The SMILES string of the molecule is COc1ccc(N(C)C(=O)O[C@@H](Cc2c(Cl)c[n+]([O-])cc2Cl)c2ccc(OC(F)F)c(OCC3CC3)c2)cc1OC. The molecule has 1 heterocycles. The lowest BCUT2D eigenvalue weighted by Gasteiger charge is -2.25. The van der Waals surface area contributed by atoms with Crippen molar-refractivity contribution in [2.24, 2.45) is 5.92 Å². The number of pyridine rings is 1. The zero-order valence-electron chi connectivity index (χ0n) is 22.4. The van der Waals surface area contributed by atoms with Crippen molar-refractivity contribution in [2.75, 3.05) is 32.8 Å². The molecule has 4 rings (SSSR count). The minimum atomic E-state index is -3.06. The van der Waals surface area contributed by atoms with Crippen molar-refractivity contribution < 1.29 is 42.0 Å². The van der Waals surface area contributed by atoms with Crippen LogP contribution in [0.25, 0.3) is 0 Å². The van der Waals surface area contributed by atoms with E-state index in [2.05, 4.69) is 4.74 Å². The molecule has 41 heavy (non-hydrogen) atoms. The Morgan fingerprint density at radius 2 is 1.68 bits per heavy atom.